The van der Waals surface area contributed by atoms with E-state index in [9.17, 15) is 9.59 Å². The van der Waals surface area contributed by atoms with Gasteiger partial charge in [-0.2, -0.15) is 0 Å². The normalized spacial score (nSPS) is 21.8. The molecule has 1 aliphatic heterocycles. The average Bonchev–Trinajstić information content (AvgIpc) is 2.80. The molecule has 8 nitrogen and oxygen atoms in total. The van der Waals surface area contributed by atoms with Crippen LogP contribution in [0.1, 0.15) is 24.2 Å². The zero-order valence-corrected chi connectivity index (χ0v) is 20.1. The lowest BCUT2D eigenvalue weighted by Crippen LogP contribution is -2.44. The SMILES string of the molecule is CO[C@@H]1CN(C)C(=O)c2cc(NC(=O)Nc3ccc(Cl)cc3)ccc2OC[C@H](C)NC[C@H]1C. The topological polar surface area (TPSA) is 91.9 Å². The fourth-order valence-corrected chi connectivity index (χ4v) is 3.69. The van der Waals surface area contributed by atoms with Gasteiger partial charge in [-0.1, -0.05) is 18.5 Å². The van der Waals surface area contributed by atoms with Crippen molar-refractivity contribution < 1.29 is 19.1 Å². The van der Waals surface area contributed by atoms with E-state index in [0.717, 1.165) is 6.54 Å². The molecule has 0 fully saturated rings. The summed E-state index contributed by atoms with van der Waals surface area (Å²) in [7, 11) is 3.40. The van der Waals surface area contributed by atoms with Crippen LogP contribution in [0.15, 0.2) is 42.5 Å². The standard InChI is InChI=1S/C24H31ClN4O4/c1-15-12-26-16(2)14-33-21-10-9-19(11-20(21)23(30)29(3)13-22(15)32-4)28-24(31)27-18-7-5-17(25)6-8-18/h5-11,15-16,22,26H,12-14H2,1-4H3,(H2,27,28,31)/t15-,16+,22-/m1/s1. The van der Waals surface area contributed by atoms with E-state index in [1.165, 1.54) is 0 Å². The van der Waals surface area contributed by atoms with E-state index in [-0.39, 0.29) is 24.0 Å². The summed E-state index contributed by atoms with van der Waals surface area (Å²) < 4.78 is 11.6. The molecule has 3 amide bonds. The molecule has 2 aromatic rings. The minimum absolute atomic E-state index is 0.0908. The third-order valence-electron chi connectivity index (χ3n) is 5.58. The molecule has 0 unspecified atom stereocenters. The number of methoxy groups -OCH3 is 1. The Hall–Kier alpha value is -2.81. The molecule has 3 rings (SSSR count). The molecule has 0 aromatic heterocycles. The first-order valence-corrected chi connectivity index (χ1v) is 11.3. The van der Waals surface area contributed by atoms with E-state index in [2.05, 4.69) is 22.9 Å². The third-order valence-corrected chi connectivity index (χ3v) is 5.84. The molecule has 0 saturated heterocycles. The van der Waals surface area contributed by atoms with Gasteiger partial charge in [0.05, 0.1) is 11.7 Å². The lowest BCUT2D eigenvalue weighted by atomic mass is 10.0. The summed E-state index contributed by atoms with van der Waals surface area (Å²) in [6, 6.07) is 11.5. The van der Waals surface area contributed by atoms with Crippen molar-refractivity contribution >= 4 is 34.9 Å². The van der Waals surface area contributed by atoms with Crippen molar-refractivity contribution in [2.45, 2.75) is 26.0 Å². The van der Waals surface area contributed by atoms with Crippen molar-refractivity contribution in [3.05, 3.63) is 53.1 Å². The van der Waals surface area contributed by atoms with Gasteiger partial charge in [0.2, 0.25) is 0 Å². The van der Waals surface area contributed by atoms with E-state index >= 15 is 0 Å². The molecule has 3 atom stereocenters. The summed E-state index contributed by atoms with van der Waals surface area (Å²) in [6.45, 7) is 5.71. The number of hydrogen-bond acceptors (Lipinski definition) is 5. The predicted octanol–water partition coefficient (Wildman–Crippen LogP) is 4.08. The van der Waals surface area contributed by atoms with Gasteiger partial charge >= 0.3 is 6.03 Å². The second kappa shape index (κ2) is 11.4. The number of amides is 3. The molecule has 9 heteroatoms. The van der Waals surface area contributed by atoms with Crippen molar-refractivity contribution in [3.8, 4) is 5.75 Å². The quantitative estimate of drug-likeness (QED) is 0.623. The molecule has 1 heterocycles. The Morgan fingerprint density at radius 3 is 2.52 bits per heavy atom. The van der Waals surface area contributed by atoms with Gasteiger partial charge in [-0.05, 0) is 55.3 Å². The van der Waals surface area contributed by atoms with Crippen molar-refractivity contribution in [3.63, 3.8) is 0 Å². The molecule has 0 spiro atoms. The highest BCUT2D eigenvalue weighted by molar-refractivity contribution is 6.30. The van der Waals surface area contributed by atoms with E-state index in [1.54, 1.807) is 61.5 Å². The van der Waals surface area contributed by atoms with E-state index < -0.39 is 6.03 Å². The maximum atomic E-state index is 13.3. The van der Waals surface area contributed by atoms with Crippen LogP contribution in [0.5, 0.6) is 5.75 Å². The maximum absolute atomic E-state index is 13.3. The average molecular weight is 475 g/mol. The largest absolute Gasteiger partial charge is 0.491 e. The lowest BCUT2D eigenvalue weighted by Gasteiger charge is -2.30. The van der Waals surface area contributed by atoms with E-state index in [0.29, 0.717) is 40.9 Å². The third kappa shape index (κ3) is 6.83. The van der Waals surface area contributed by atoms with Crippen LogP contribution < -0.4 is 20.7 Å². The molecule has 178 valence electrons. The first kappa shape index (κ1) is 24.8. The number of benzene rings is 2. The van der Waals surface area contributed by atoms with Gasteiger partial charge in [-0.25, -0.2) is 4.79 Å². The number of likely N-dealkylation sites (N-methyl/N-ethyl adjacent to an activating group) is 1. The van der Waals surface area contributed by atoms with E-state index in [4.69, 9.17) is 21.1 Å². The molecule has 0 saturated carbocycles. The van der Waals surface area contributed by atoms with Gasteiger partial charge in [0, 0.05) is 49.7 Å². The molecule has 1 aliphatic rings. The Bertz CT molecular complexity index is 969. The summed E-state index contributed by atoms with van der Waals surface area (Å²) in [4.78, 5) is 27.4. The van der Waals surface area contributed by atoms with Crippen molar-refractivity contribution in [2.24, 2.45) is 5.92 Å². The highest BCUT2D eigenvalue weighted by Gasteiger charge is 2.25. The summed E-state index contributed by atoms with van der Waals surface area (Å²) in [5.74, 6) is 0.463. The second-order valence-electron chi connectivity index (χ2n) is 8.35. The Balaban J connectivity index is 1.81. The van der Waals surface area contributed by atoms with Crippen LogP contribution in [0.2, 0.25) is 5.02 Å². The van der Waals surface area contributed by atoms with Crippen LogP contribution in [0.3, 0.4) is 0 Å². The number of halogens is 1. The fourth-order valence-electron chi connectivity index (χ4n) is 3.56. The molecule has 0 radical (unpaired) electrons. The first-order chi connectivity index (χ1) is 15.8. The lowest BCUT2D eigenvalue weighted by molar-refractivity contribution is 0.0281. The summed E-state index contributed by atoms with van der Waals surface area (Å²) in [5.41, 5.74) is 1.45. The molecular formula is C24H31ClN4O4. The first-order valence-electron chi connectivity index (χ1n) is 10.9. The van der Waals surface area contributed by atoms with Crippen molar-refractivity contribution in [2.75, 3.05) is 44.5 Å². The Kier molecular flexibility index (Phi) is 8.55. The molecule has 2 aromatic carbocycles. The number of ether oxygens (including phenoxy) is 2. The molecule has 33 heavy (non-hydrogen) atoms. The number of nitrogens with one attached hydrogen (secondary N) is 3. The van der Waals surface area contributed by atoms with Crippen LogP contribution in [0, 0.1) is 5.92 Å². The minimum Gasteiger partial charge on any atom is -0.491 e. The summed E-state index contributed by atoms with van der Waals surface area (Å²) in [6.07, 6.45) is -0.117. The molecule has 3 N–H and O–H groups in total. The molecule has 0 bridgehead atoms. The highest BCUT2D eigenvalue weighted by Crippen LogP contribution is 2.26. The minimum atomic E-state index is -0.432. The van der Waals surface area contributed by atoms with Crippen LogP contribution in [-0.4, -0.2) is 62.8 Å². The number of anilines is 2. The van der Waals surface area contributed by atoms with Crippen molar-refractivity contribution in [1.29, 1.82) is 0 Å². The fraction of sp³-hybridized carbons (Fsp3) is 0.417. The van der Waals surface area contributed by atoms with Gasteiger partial charge in [-0.3, -0.25) is 4.79 Å². The van der Waals surface area contributed by atoms with Crippen LogP contribution in [-0.2, 0) is 4.74 Å². The Labute approximate surface area is 199 Å². The summed E-state index contributed by atoms with van der Waals surface area (Å²) >= 11 is 5.88. The zero-order valence-electron chi connectivity index (χ0n) is 19.4. The second-order valence-corrected chi connectivity index (χ2v) is 8.79. The smallest absolute Gasteiger partial charge is 0.323 e. The van der Waals surface area contributed by atoms with E-state index in [1.807, 2.05) is 6.92 Å². The predicted molar refractivity (Wildman–Crippen MR) is 130 cm³/mol. The Morgan fingerprint density at radius 1 is 1.15 bits per heavy atom. The molecular weight excluding hydrogens is 444 g/mol. The van der Waals surface area contributed by atoms with Gasteiger partial charge in [0.1, 0.15) is 12.4 Å². The summed E-state index contributed by atoms with van der Waals surface area (Å²) in [5, 5.41) is 9.54. The number of carbonyl (C=O) groups is 2. The Morgan fingerprint density at radius 2 is 1.82 bits per heavy atom. The van der Waals surface area contributed by atoms with Crippen LogP contribution >= 0.6 is 11.6 Å². The number of fused-ring (bicyclic) bond motifs is 1. The van der Waals surface area contributed by atoms with Crippen LogP contribution in [0.25, 0.3) is 0 Å². The highest BCUT2D eigenvalue weighted by atomic mass is 35.5. The maximum Gasteiger partial charge on any atom is 0.323 e. The zero-order chi connectivity index (χ0) is 24.0. The van der Waals surface area contributed by atoms with Gasteiger partial charge < -0.3 is 30.3 Å². The van der Waals surface area contributed by atoms with Crippen molar-refractivity contribution in [1.82, 2.24) is 10.2 Å². The van der Waals surface area contributed by atoms with Crippen LogP contribution in [0.4, 0.5) is 16.2 Å². The number of rotatable bonds is 3. The monoisotopic (exact) mass is 474 g/mol. The number of carbonyl (C=O) groups excluding carboxylic acids is 2. The van der Waals surface area contributed by atoms with Gasteiger partial charge in [0.15, 0.2) is 0 Å². The number of nitrogens with zero attached hydrogens (tertiary/aromatic N) is 1. The number of hydrogen-bond donors (Lipinski definition) is 3. The number of urea groups is 1. The van der Waals surface area contributed by atoms with Gasteiger partial charge in [-0.15, -0.1) is 0 Å². The van der Waals surface area contributed by atoms with Gasteiger partial charge in [0.25, 0.3) is 5.91 Å². The molecule has 0 aliphatic carbocycles.